The van der Waals surface area contributed by atoms with E-state index in [4.69, 9.17) is 0 Å². The van der Waals surface area contributed by atoms with Crippen LogP contribution in [0.1, 0.15) is 0 Å². The maximum atomic E-state index is 4.16. The molecule has 1 N–H and O–H groups in total. The monoisotopic (exact) mass is 170 g/mol. The summed E-state index contributed by atoms with van der Waals surface area (Å²) in [5.41, 5.74) is 2.67. The Hall–Kier alpha value is -1.97. The van der Waals surface area contributed by atoms with Crippen molar-refractivity contribution >= 4 is 22.1 Å². The maximum Gasteiger partial charge on any atom is 0.179 e. The van der Waals surface area contributed by atoms with Crippen LogP contribution in [0.5, 0.6) is 0 Å². The second-order valence-corrected chi connectivity index (χ2v) is 2.83. The molecule has 2 heterocycles. The largest absolute Gasteiger partial charge is 0.336 e. The van der Waals surface area contributed by atoms with E-state index in [-0.39, 0.29) is 0 Å². The van der Waals surface area contributed by atoms with E-state index < -0.39 is 0 Å². The van der Waals surface area contributed by atoms with Crippen molar-refractivity contribution in [2.75, 3.05) is 0 Å². The first-order valence-electron chi connectivity index (χ1n) is 3.99. The van der Waals surface area contributed by atoms with E-state index in [9.17, 15) is 0 Å². The highest BCUT2D eigenvalue weighted by atomic mass is 15.2. The topological polar surface area (TPSA) is 54.5 Å². The average molecular weight is 170 g/mol. The van der Waals surface area contributed by atoms with Gasteiger partial charge in [0.05, 0.1) is 0 Å². The Kier molecular flexibility index (Phi) is 1.14. The fourth-order valence-corrected chi connectivity index (χ4v) is 1.48. The highest BCUT2D eigenvalue weighted by Gasteiger charge is 2.03. The molecule has 3 aromatic rings. The molecule has 4 nitrogen and oxygen atoms in total. The second-order valence-electron chi connectivity index (χ2n) is 2.83. The molecule has 0 spiro atoms. The summed E-state index contributed by atoms with van der Waals surface area (Å²) in [6.45, 7) is 0. The molecular formula is C9H6N4. The molecule has 4 heteroatoms. The van der Waals surface area contributed by atoms with Gasteiger partial charge < -0.3 is 4.98 Å². The highest BCUT2D eigenvalue weighted by Crippen LogP contribution is 2.20. The van der Waals surface area contributed by atoms with Crippen LogP contribution in [0.2, 0.25) is 0 Å². The van der Waals surface area contributed by atoms with E-state index >= 15 is 0 Å². The molecule has 3 rings (SSSR count). The third-order valence-corrected chi connectivity index (χ3v) is 2.06. The first kappa shape index (κ1) is 6.54. The van der Waals surface area contributed by atoms with Gasteiger partial charge in [0, 0.05) is 10.9 Å². The molecule has 0 amide bonds. The minimum atomic E-state index is 0.740. The van der Waals surface area contributed by atoms with Crippen LogP contribution < -0.4 is 0 Å². The minimum absolute atomic E-state index is 0.740. The van der Waals surface area contributed by atoms with Gasteiger partial charge >= 0.3 is 0 Å². The number of para-hydroxylation sites is 1. The van der Waals surface area contributed by atoms with Gasteiger partial charge in [-0.05, 0) is 6.07 Å². The van der Waals surface area contributed by atoms with Crippen LogP contribution in [-0.4, -0.2) is 20.2 Å². The molecule has 0 unspecified atom stereocenters. The summed E-state index contributed by atoms with van der Waals surface area (Å²) in [5.74, 6) is 0. The van der Waals surface area contributed by atoms with E-state index in [1.807, 2.05) is 24.3 Å². The number of fused-ring (bicyclic) bond motifs is 3. The van der Waals surface area contributed by atoms with Gasteiger partial charge in [-0.25, -0.2) is 4.98 Å². The Labute approximate surface area is 73.6 Å². The minimum Gasteiger partial charge on any atom is -0.336 e. The number of hydrogen-bond donors (Lipinski definition) is 1. The van der Waals surface area contributed by atoms with Gasteiger partial charge in [-0.15, -0.1) is 10.2 Å². The van der Waals surface area contributed by atoms with Crippen LogP contribution in [0.25, 0.3) is 22.1 Å². The molecule has 0 aliphatic rings. The van der Waals surface area contributed by atoms with Gasteiger partial charge in [-0.3, -0.25) is 0 Å². The van der Waals surface area contributed by atoms with Crippen LogP contribution in [0, 0.1) is 0 Å². The predicted octanol–water partition coefficient (Wildman–Crippen LogP) is 1.51. The third-order valence-electron chi connectivity index (χ3n) is 2.06. The van der Waals surface area contributed by atoms with Gasteiger partial charge in [-0.1, -0.05) is 18.2 Å². The number of nitrogens with one attached hydrogen (secondary N) is 1. The molecule has 1 aromatic carbocycles. The molecule has 62 valence electrons. The van der Waals surface area contributed by atoms with Gasteiger partial charge in [-0.2, -0.15) is 0 Å². The second kappa shape index (κ2) is 2.26. The number of nitrogens with zero attached hydrogens (tertiary/aromatic N) is 3. The van der Waals surface area contributed by atoms with Crippen molar-refractivity contribution in [2.45, 2.75) is 0 Å². The molecule has 2 aromatic heterocycles. The van der Waals surface area contributed by atoms with Crippen molar-refractivity contribution in [3.8, 4) is 0 Å². The van der Waals surface area contributed by atoms with Crippen molar-refractivity contribution in [1.82, 2.24) is 20.2 Å². The van der Waals surface area contributed by atoms with Gasteiger partial charge in [0.15, 0.2) is 5.65 Å². The number of rotatable bonds is 0. The van der Waals surface area contributed by atoms with E-state index in [0.717, 1.165) is 22.1 Å². The molecule has 0 radical (unpaired) electrons. The first-order valence-corrected chi connectivity index (χ1v) is 3.99. The molecule has 0 fully saturated rings. The van der Waals surface area contributed by atoms with Crippen molar-refractivity contribution in [1.29, 1.82) is 0 Å². The smallest absolute Gasteiger partial charge is 0.179 e. The van der Waals surface area contributed by atoms with Crippen molar-refractivity contribution < 1.29 is 0 Å². The van der Waals surface area contributed by atoms with E-state index in [2.05, 4.69) is 20.2 Å². The van der Waals surface area contributed by atoms with Gasteiger partial charge in [0.1, 0.15) is 11.8 Å². The quantitative estimate of drug-likeness (QED) is 0.556. The van der Waals surface area contributed by atoms with Gasteiger partial charge in [0.2, 0.25) is 0 Å². The number of benzene rings is 1. The lowest BCUT2D eigenvalue weighted by atomic mass is 10.2. The average Bonchev–Trinajstić information content (AvgIpc) is 2.56. The zero-order valence-corrected chi connectivity index (χ0v) is 6.73. The first-order chi connectivity index (χ1) is 6.45. The number of H-pyrrole nitrogens is 1. The highest BCUT2D eigenvalue weighted by molar-refractivity contribution is 6.02. The summed E-state index contributed by atoms with van der Waals surface area (Å²) in [7, 11) is 0. The number of aromatic amines is 1. The van der Waals surface area contributed by atoms with Crippen LogP contribution in [0.4, 0.5) is 0 Å². The molecule has 0 saturated heterocycles. The summed E-state index contributed by atoms with van der Waals surface area (Å²) < 4.78 is 0. The van der Waals surface area contributed by atoms with E-state index in [0.29, 0.717) is 0 Å². The maximum absolute atomic E-state index is 4.16. The lowest BCUT2D eigenvalue weighted by Gasteiger charge is -1.85. The Balaban J connectivity index is 2.64. The van der Waals surface area contributed by atoms with Crippen LogP contribution in [0.15, 0.2) is 30.6 Å². The lowest BCUT2D eigenvalue weighted by molar-refractivity contribution is 1.01. The lowest BCUT2D eigenvalue weighted by Crippen LogP contribution is -1.82. The fraction of sp³-hybridized carbons (Fsp3) is 0. The fourth-order valence-electron chi connectivity index (χ4n) is 1.48. The van der Waals surface area contributed by atoms with Crippen molar-refractivity contribution in [3.05, 3.63) is 30.6 Å². The normalized spacial score (nSPS) is 11.1. The summed E-state index contributed by atoms with van der Waals surface area (Å²) in [4.78, 5) is 7.31. The van der Waals surface area contributed by atoms with Crippen molar-refractivity contribution in [3.63, 3.8) is 0 Å². The Bertz CT molecular complexity index is 519. The Morgan fingerprint density at radius 1 is 1.15 bits per heavy atom. The summed E-state index contributed by atoms with van der Waals surface area (Å²) >= 11 is 0. The molecule has 0 aliphatic heterocycles. The number of hydrogen-bond acceptors (Lipinski definition) is 3. The molecule has 13 heavy (non-hydrogen) atoms. The summed E-state index contributed by atoms with van der Waals surface area (Å²) in [6.07, 6.45) is 1.46. The zero-order valence-electron chi connectivity index (χ0n) is 6.73. The Morgan fingerprint density at radius 2 is 2.08 bits per heavy atom. The summed E-state index contributed by atoms with van der Waals surface area (Å²) in [6, 6.07) is 7.98. The summed E-state index contributed by atoms with van der Waals surface area (Å²) in [5, 5.41) is 8.76. The third kappa shape index (κ3) is 0.823. The predicted molar refractivity (Wildman–Crippen MR) is 49.2 cm³/mol. The van der Waals surface area contributed by atoms with E-state index in [1.165, 1.54) is 6.33 Å². The molecule has 0 saturated carbocycles. The number of aromatic nitrogens is 4. The van der Waals surface area contributed by atoms with Crippen LogP contribution >= 0.6 is 0 Å². The Morgan fingerprint density at radius 3 is 3.08 bits per heavy atom. The molecule has 0 aliphatic carbocycles. The molecular weight excluding hydrogens is 164 g/mol. The SMILES string of the molecule is c1ccc2c(c1)[nH]c1nncnc12. The standard InChI is InChI=1S/C9H6N4/c1-2-4-7-6(3-1)8-9(12-7)13-11-5-10-8/h1-5H,(H,12,13). The van der Waals surface area contributed by atoms with Crippen molar-refractivity contribution in [2.24, 2.45) is 0 Å². The van der Waals surface area contributed by atoms with Crippen LogP contribution in [-0.2, 0) is 0 Å². The van der Waals surface area contributed by atoms with Gasteiger partial charge in [0.25, 0.3) is 0 Å². The molecule has 0 atom stereocenters. The van der Waals surface area contributed by atoms with Crippen LogP contribution in [0.3, 0.4) is 0 Å². The molecule has 0 bridgehead atoms. The zero-order chi connectivity index (χ0) is 8.67. The van der Waals surface area contributed by atoms with E-state index in [1.54, 1.807) is 0 Å².